The van der Waals surface area contributed by atoms with Crippen molar-refractivity contribution in [2.75, 3.05) is 11.6 Å². The molecule has 0 bridgehead atoms. The Balaban J connectivity index is 1.89. The number of hydrogen-bond acceptors (Lipinski definition) is 5. The Morgan fingerprint density at radius 2 is 2.09 bits per heavy atom. The van der Waals surface area contributed by atoms with Crippen LogP contribution in [0.2, 0.25) is 0 Å². The minimum Gasteiger partial charge on any atom is -0.383 e. The lowest BCUT2D eigenvalue weighted by atomic mass is 10.2. The molecule has 0 saturated heterocycles. The second-order valence-corrected chi connectivity index (χ2v) is 6.90. The molecule has 0 aliphatic rings. The third-order valence-electron chi connectivity index (χ3n) is 3.23. The molecule has 0 unspecified atom stereocenters. The van der Waals surface area contributed by atoms with Gasteiger partial charge in [0.25, 0.3) is 5.91 Å². The molecule has 4 N–H and O–H groups in total. The topological polar surface area (TPSA) is 91.9 Å². The van der Waals surface area contributed by atoms with Gasteiger partial charge in [-0.1, -0.05) is 24.3 Å². The van der Waals surface area contributed by atoms with E-state index in [4.69, 9.17) is 11.1 Å². The first-order valence-electron chi connectivity index (χ1n) is 6.78. The predicted octanol–water partition coefficient (Wildman–Crippen LogP) is 3.55. The number of amides is 1. The van der Waals surface area contributed by atoms with E-state index in [0.717, 1.165) is 15.1 Å². The summed E-state index contributed by atoms with van der Waals surface area (Å²) in [6.45, 7) is 0. The smallest absolute Gasteiger partial charge is 0.274 e. The number of anilines is 1. The van der Waals surface area contributed by atoms with Gasteiger partial charge in [0.05, 0.1) is 20.3 Å². The Morgan fingerprint density at radius 3 is 2.83 bits per heavy atom. The lowest BCUT2D eigenvalue weighted by Gasteiger charge is -2.05. The molecule has 23 heavy (non-hydrogen) atoms. The van der Waals surface area contributed by atoms with Crippen LogP contribution >= 0.6 is 23.1 Å². The number of aromatic nitrogens is 1. The number of nitrogens with two attached hydrogens (primary N) is 1. The predicted molar refractivity (Wildman–Crippen MR) is 96.8 cm³/mol. The fourth-order valence-corrected chi connectivity index (χ4v) is 3.76. The normalized spacial score (nSPS) is 10.7. The van der Waals surface area contributed by atoms with E-state index in [2.05, 4.69) is 10.3 Å². The maximum Gasteiger partial charge on any atom is 0.274 e. The molecule has 0 aliphatic carbocycles. The maximum absolute atomic E-state index is 12.4. The molecular formula is C16H14N4OS2. The molecule has 0 saturated carbocycles. The lowest BCUT2D eigenvalue weighted by Crippen LogP contribution is -2.14. The average molecular weight is 342 g/mol. The van der Waals surface area contributed by atoms with E-state index >= 15 is 0 Å². The molecule has 3 rings (SSSR count). The van der Waals surface area contributed by atoms with Gasteiger partial charge in [0.15, 0.2) is 0 Å². The van der Waals surface area contributed by atoms with Gasteiger partial charge in [-0.3, -0.25) is 10.2 Å². The van der Waals surface area contributed by atoms with E-state index in [9.17, 15) is 4.79 Å². The molecule has 7 heteroatoms. The highest BCUT2D eigenvalue weighted by molar-refractivity contribution is 8.00. The molecular weight excluding hydrogens is 328 g/mol. The zero-order valence-electron chi connectivity index (χ0n) is 12.3. The van der Waals surface area contributed by atoms with Crippen LogP contribution in [0.15, 0.2) is 46.7 Å². The number of nitrogens with one attached hydrogen (secondary N) is 2. The van der Waals surface area contributed by atoms with E-state index < -0.39 is 0 Å². The fraction of sp³-hybridized carbons (Fsp3) is 0.0625. The summed E-state index contributed by atoms with van der Waals surface area (Å²) in [4.78, 5) is 17.5. The molecule has 2 aromatic heterocycles. The highest BCUT2D eigenvalue weighted by atomic mass is 32.2. The monoisotopic (exact) mass is 342 g/mol. The summed E-state index contributed by atoms with van der Waals surface area (Å²) in [5.41, 5.74) is 7.30. The second-order valence-electron chi connectivity index (χ2n) is 4.77. The third kappa shape index (κ3) is 3.20. The summed E-state index contributed by atoms with van der Waals surface area (Å²) in [6.07, 6.45) is 1.92. The largest absolute Gasteiger partial charge is 0.383 e. The first kappa shape index (κ1) is 15.5. The highest BCUT2D eigenvalue weighted by Crippen LogP contribution is 2.34. The van der Waals surface area contributed by atoms with Crippen LogP contribution in [0.5, 0.6) is 0 Å². The zero-order valence-corrected chi connectivity index (χ0v) is 13.9. The lowest BCUT2D eigenvalue weighted by molar-refractivity contribution is 0.102. The van der Waals surface area contributed by atoms with Gasteiger partial charge >= 0.3 is 0 Å². The van der Waals surface area contributed by atoms with Crippen molar-refractivity contribution >= 4 is 51.4 Å². The Bertz CT molecular complexity index is 904. The van der Waals surface area contributed by atoms with Crippen molar-refractivity contribution < 1.29 is 4.79 Å². The van der Waals surface area contributed by atoms with Crippen LogP contribution in [0.1, 0.15) is 15.4 Å². The molecule has 0 atom stereocenters. The number of rotatable bonds is 4. The SMILES string of the molecule is CSc1sc(C(=N)N)cc1NC(=O)c1ccc2ccccc2n1. The van der Waals surface area contributed by atoms with Gasteiger partial charge < -0.3 is 11.1 Å². The molecule has 1 aromatic carbocycles. The number of pyridine rings is 1. The van der Waals surface area contributed by atoms with E-state index in [1.54, 1.807) is 12.1 Å². The van der Waals surface area contributed by atoms with Crippen LogP contribution in [0, 0.1) is 5.41 Å². The summed E-state index contributed by atoms with van der Waals surface area (Å²) in [5, 5.41) is 11.4. The average Bonchev–Trinajstić information content (AvgIpc) is 2.97. The minimum atomic E-state index is -0.279. The number of benzene rings is 1. The molecule has 2 heterocycles. The van der Waals surface area contributed by atoms with Gasteiger partial charge in [0.1, 0.15) is 11.5 Å². The molecule has 116 valence electrons. The summed E-state index contributed by atoms with van der Waals surface area (Å²) in [6, 6.07) is 12.9. The Kier molecular flexibility index (Phi) is 4.31. The van der Waals surface area contributed by atoms with Crippen LogP contribution in [0.4, 0.5) is 5.69 Å². The summed E-state index contributed by atoms with van der Waals surface area (Å²) in [5.74, 6) is -0.284. The van der Waals surface area contributed by atoms with Crippen molar-refractivity contribution in [1.29, 1.82) is 5.41 Å². The van der Waals surface area contributed by atoms with Gasteiger partial charge in [-0.25, -0.2) is 4.98 Å². The van der Waals surface area contributed by atoms with Gasteiger partial charge in [-0.2, -0.15) is 0 Å². The van der Waals surface area contributed by atoms with Crippen LogP contribution in [-0.2, 0) is 0 Å². The summed E-state index contributed by atoms with van der Waals surface area (Å²) in [7, 11) is 0. The molecule has 0 radical (unpaired) electrons. The van der Waals surface area contributed by atoms with E-state index in [0.29, 0.717) is 16.3 Å². The van der Waals surface area contributed by atoms with Gasteiger partial charge in [0.2, 0.25) is 0 Å². The second kappa shape index (κ2) is 6.39. The van der Waals surface area contributed by atoms with Crippen molar-refractivity contribution in [2.45, 2.75) is 4.21 Å². The first-order valence-corrected chi connectivity index (χ1v) is 8.82. The maximum atomic E-state index is 12.4. The molecule has 0 spiro atoms. The highest BCUT2D eigenvalue weighted by Gasteiger charge is 2.15. The molecule has 0 aliphatic heterocycles. The van der Waals surface area contributed by atoms with Crippen LogP contribution in [0.3, 0.4) is 0 Å². The number of para-hydroxylation sites is 1. The van der Waals surface area contributed by atoms with Gasteiger partial charge in [0, 0.05) is 5.39 Å². The number of thiophene rings is 1. The number of carbonyl (C=O) groups excluding carboxylic acids is 1. The Labute approximate surface area is 141 Å². The van der Waals surface area contributed by atoms with E-state index in [-0.39, 0.29) is 11.7 Å². The molecule has 0 fully saturated rings. The van der Waals surface area contributed by atoms with Crippen LogP contribution < -0.4 is 11.1 Å². The minimum absolute atomic E-state index is 0.00497. The van der Waals surface area contributed by atoms with Crippen LogP contribution in [0.25, 0.3) is 10.9 Å². The number of fused-ring (bicyclic) bond motifs is 1. The van der Waals surface area contributed by atoms with E-state index in [1.807, 2.05) is 36.6 Å². The molecule has 3 aromatic rings. The van der Waals surface area contributed by atoms with Crippen molar-refractivity contribution in [1.82, 2.24) is 4.98 Å². The Hall–Kier alpha value is -2.38. The molecule has 5 nitrogen and oxygen atoms in total. The third-order valence-corrected chi connectivity index (χ3v) is 5.53. The summed E-state index contributed by atoms with van der Waals surface area (Å²) < 4.78 is 0.907. The number of carbonyl (C=O) groups is 1. The zero-order chi connectivity index (χ0) is 16.4. The van der Waals surface area contributed by atoms with Crippen molar-refractivity contribution in [2.24, 2.45) is 5.73 Å². The van der Waals surface area contributed by atoms with Gasteiger partial charge in [-0.05, 0) is 24.5 Å². The van der Waals surface area contributed by atoms with Crippen molar-refractivity contribution in [3.8, 4) is 0 Å². The van der Waals surface area contributed by atoms with Crippen LogP contribution in [-0.4, -0.2) is 23.0 Å². The number of hydrogen-bond donors (Lipinski definition) is 3. The Morgan fingerprint density at radius 1 is 1.30 bits per heavy atom. The first-order chi connectivity index (χ1) is 11.1. The van der Waals surface area contributed by atoms with Gasteiger partial charge in [-0.15, -0.1) is 23.1 Å². The summed E-state index contributed by atoms with van der Waals surface area (Å²) >= 11 is 2.89. The number of thioether (sulfide) groups is 1. The molecule has 1 amide bonds. The fourth-order valence-electron chi connectivity index (χ4n) is 2.12. The standard InChI is InChI=1S/C16H14N4OS2/c1-22-16-12(8-13(23-16)14(17)18)20-15(21)11-7-6-9-4-2-3-5-10(9)19-11/h2-8H,1H3,(H3,17,18)(H,20,21). The van der Waals surface area contributed by atoms with Crippen molar-refractivity contribution in [3.05, 3.63) is 53.0 Å². The number of nitrogen functional groups attached to an aromatic ring is 1. The quantitative estimate of drug-likeness (QED) is 0.384. The van der Waals surface area contributed by atoms with Crippen molar-refractivity contribution in [3.63, 3.8) is 0 Å². The number of amidine groups is 1. The van der Waals surface area contributed by atoms with E-state index in [1.165, 1.54) is 23.1 Å². The number of nitrogens with zero attached hydrogens (tertiary/aromatic N) is 1.